The fourth-order valence-corrected chi connectivity index (χ4v) is 0. The summed E-state index contributed by atoms with van der Waals surface area (Å²) in [7, 11) is 0. The molecular formula is C4H12Si. The minimum Gasteiger partial charge on any atom is -0.106 e. The molecule has 32 valence electrons. The van der Waals surface area contributed by atoms with Gasteiger partial charge in [0.15, 0.2) is 0 Å². The van der Waals surface area contributed by atoms with Crippen molar-refractivity contribution in [2.45, 2.75) is 0 Å². The summed E-state index contributed by atoms with van der Waals surface area (Å²) in [4.78, 5) is 0. The normalized spacial score (nSPS) is 1.60. The van der Waals surface area contributed by atoms with Crippen LogP contribution in [0.1, 0.15) is 0 Å². The van der Waals surface area contributed by atoms with Crippen molar-refractivity contribution in [2.24, 2.45) is 0 Å². The van der Waals surface area contributed by atoms with Crippen LogP contribution >= 0.6 is 0 Å². The van der Waals surface area contributed by atoms with Gasteiger partial charge in [0, 0.05) is 0 Å². The van der Waals surface area contributed by atoms with Gasteiger partial charge in [-0.3, -0.25) is 0 Å². The van der Waals surface area contributed by atoms with Crippen molar-refractivity contribution < 1.29 is 0 Å². The zero-order chi connectivity index (χ0) is 4.00. The predicted octanol–water partition coefficient (Wildman–Crippen LogP) is 0.153. The van der Waals surface area contributed by atoms with Crippen LogP contribution in [0.4, 0.5) is 0 Å². The fourth-order valence-electron chi connectivity index (χ4n) is 0. The first kappa shape index (κ1) is 22.3. The van der Waals surface area contributed by atoms with Gasteiger partial charge in [0.25, 0.3) is 0 Å². The molecule has 0 aromatic carbocycles. The highest BCUT2D eigenvalue weighted by atomic mass is 28.1. The van der Waals surface area contributed by atoms with Crippen LogP contribution in [0, 0.1) is 0 Å². The Kier molecular flexibility index (Phi) is 1300. The highest BCUT2D eigenvalue weighted by Gasteiger charge is 0.603. The molecule has 0 bridgehead atoms. The molecule has 0 fully saturated rings. The maximum Gasteiger partial charge on any atom is -0.0149 e. The van der Waals surface area contributed by atoms with Gasteiger partial charge in [-0.2, -0.15) is 0 Å². The largest absolute Gasteiger partial charge is 0.106 e. The number of rotatable bonds is 0. The molecular weight excluding hydrogens is 76.1 g/mol. The molecule has 1 heteroatoms. The van der Waals surface area contributed by atoms with Crippen LogP contribution in [0.5, 0.6) is 0 Å². The van der Waals surface area contributed by atoms with Crippen LogP contribution < -0.4 is 0 Å². The maximum absolute atomic E-state index is 3.00. The van der Waals surface area contributed by atoms with Gasteiger partial charge in [0.1, 0.15) is 0 Å². The van der Waals surface area contributed by atoms with E-state index >= 15 is 0 Å². The first-order valence-electron chi connectivity index (χ1n) is 1.000. The van der Waals surface area contributed by atoms with Crippen molar-refractivity contribution in [1.29, 1.82) is 0 Å². The Bertz CT molecular complexity index is 5.61. The Labute approximate surface area is 38.2 Å². The zero-order valence-corrected chi connectivity index (χ0v) is 2.83. The quantitative estimate of drug-likeness (QED) is 0.292. The van der Waals surface area contributed by atoms with Crippen molar-refractivity contribution in [3.05, 3.63) is 26.3 Å². The zero-order valence-electron chi connectivity index (χ0n) is 2.83. The Hall–Kier alpha value is -0.303. The van der Waals surface area contributed by atoms with E-state index in [9.17, 15) is 0 Å². The van der Waals surface area contributed by atoms with E-state index in [0.29, 0.717) is 0 Å². The Balaban J connectivity index is -0.0000000133. The van der Waals surface area contributed by atoms with Gasteiger partial charge in [-0.05, 0) is 11.0 Å². The lowest BCUT2D eigenvalue weighted by Gasteiger charge is -0.813. The van der Waals surface area contributed by atoms with E-state index in [4.69, 9.17) is 0 Å². The van der Waals surface area contributed by atoms with E-state index in [1.807, 2.05) is 0 Å². The monoisotopic (exact) mass is 88.1 g/mol. The molecule has 0 atom stereocenters. The van der Waals surface area contributed by atoms with Crippen molar-refractivity contribution in [2.75, 3.05) is 0 Å². The summed E-state index contributed by atoms with van der Waals surface area (Å²) >= 11 is 0. The Morgan fingerprint density at radius 1 is 0.600 bits per heavy atom. The summed E-state index contributed by atoms with van der Waals surface area (Å²) < 4.78 is 0. The topological polar surface area (TPSA) is 0 Å². The van der Waals surface area contributed by atoms with Gasteiger partial charge < -0.3 is 0 Å². The smallest absolute Gasteiger partial charge is 0.0149 e. The van der Waals surface area contributed by atoms with Crippen LogP contribution in [0.2, 0.25) is 0 Å². The molecule has 0 radical (unpaired) electrons. The van der Waals surface area contributed by atoms with Gasteiger partial charge in [-0.25, -0.2) is 0 Å². The third-order valence-corrected chi connectivity index (χ3v) is 0. The molecule has 0 saturated heterocycles. The molecule has 0 saturated carbocycles. The first-order valence-corrected chi connectivity index (χ1v) is 1.000. The van der Waals surface area contributed by atoms with E-state index in [2.05, 4.69) is 26.3 Å². The average Bonchev–Trinajstić information content (AvgIpc) is 1.50. The van der Waals surface area contributed by atoms with Crippen molar-refractivity contribution >= 4 is 11.0 Å². The summed E-state index contributed by atoms with van der Waals surface area (Å²) in [6, 6.07) is 0. The standard InChI is InChI=1S/2C2H4.H4Si/c2*1-2;/h2*1-2H2;1H4. The highest BCUT2D eigenvalue weighted by Crippen LogP contribution is 0.864. The minimum atomic E-state index is 0. The van der Waals surface area contributed by atoms with E-state index in [1.165, 1.54) is 0 Å². The van der Waals surface area contributed by atoms with Crippen LogP contribution in [0.25, 0.3) is 0 Å². The molecule has 0 unspecified atom stereocenters. The molecule has 0 nitrogen and oxygen atoms in total. The molecule has 0 N–H and O–H groups in total. The summed E-state index contributed by atoms with van der Waals surface area (Å²) in [5, 5.41) is 0. The third kappa shape index (κ3) is 116. The van der Waals surface area contributed by atoms with Crippen LogP contribution in [-0.2, 0) is 0 Å². The second-order valence-corrected chi connectivity index (χ2v) is 0. The predicted molar refractivity (Wildman–Crippen MR) is 33.8 cm³/mol. The third-order valence-electron chi connectivity index (χ3n) is 0. The van der Waals surface area contributed by atoms with Gasteiger partial charge >= 0.3 is 0 Å². The van der Waals surface area contributed by atoms with Gasteiger partial charge in [0.2, 0.25) is 0 Å². The lowest BCUT2D eigenvalue weighted by molar-refractivity contribution is 2.81. The summed E-state index contributed by atoms with van der Waals surface area (Å²) in [6.45, 7) is 12.0. The van der Waals surface area contributed by atoms with E-state index < -0.39 is 0 Å². The average molecular weight is 88.2 g/mol. The molecule has 0 aliphatic carbocycles. The van der Waals surface area contributed by atoms with Gasteiger partial charge in [0.05, 0.1) is 0 Å². The Morgan fingerprint density at radius 3 is 0.600 bits per heavy atom. The van der Waals surface area contributed by atoms with Crippen molar-refractivity contribution in [3.63, 3.8) is 0 Å². The summed E-state index contributed by atoms with van der Waals surface area (Å²) in [6.07, 6.45) is 0. The van der Waals surface area contributed by atoms with E-state index in [1.54, 1.807) is 0 Å². The van der Waals surface area contributed by atoms with Gasteiger partial charge in [-0.15, -0.1) is 26.3 Å². The summed E-state index contributed by atoms with van der Waals surface area (Å²) in [5.74, 6) is 0. The van der Waals surface area contributed by atoms with Crippen LogP contribution in [0.3, 0.4) is 0 Å². The maximum atomic E-state index is 3.00. The molecule has 0 aliphatic rings. The molecule has 0 heterocycles. The SMILES string of the molecule is C=C.C=C.[SiH4]. The molecule has 0 aliphatic heterocycles. The Morgan fingerprint density at radius 2 is 0.600 bits per heavy atom. The molecule has 0 amide bonds. The highest BCUT2D eigenvalue weighted by molar-refractivity contribution is 5.75. The lowest BCUT2D eigenvalue weighted by Crippen LogP contribution is -0.552. The van der Waals surface area contributed by atoms with E-state index in [0.717, 1.165) is 0 Å². The summed E-state index contributed by atoms with van der Waals surface area (Å²) in [5.41, 5.74) is 0. The fraction of sp³-hybridized carbons (Fsp3) is 0. The molecule has 0 rings (SSSR count). The molecule has 0 aromatic rings. The van der Waals surface area contributed by atoms with Crippen LogP contribution in [-0.4, -0.2) is 11.0 Å². The van der Waals surface area contributed by atoms with Crippen molar-refractivity contribution in [3.8, 4) is 0 Å². The molecule has 5 heavy (non-hydrogen) atoms. The second-order valence-electron chi connectivity index (χ2n) is 0. The minimum absolute atomic E-state index is 0. The van der Waals surface area contributed by atoms with Crippen molar-refractivity contribution in [1.82, 2.24) is 0 Å². The first-order chi connectivity index (χ1) is 2.00. The van der Waals surface area contributed by atoms with E-state index in [-0.39, 0.29) is 11.0 Å². The molecule has 0 spiro atoms. The number of hydrogen-bond donors (Lipinski definition) is 0. The molecule has 0 aromatic heterocycles. The lowest BCUT2D eigenvalue weighted by atomic mass is 11.3. The van der Waals surface area contributed by atoms with Crippen LogP contribution in [0.15, 0.2) is 26.3 Å². The van der Waals surface area contributed by atoms with Gasteiger partial charge in [-0.1, -0.05) is 0 Å². The second kappa shape index (κ2) is 293. The number of hydrogen-bond acceptors (Lipinski definition) is 0.